The Hall–Kier alpha value is -2.63. The van der Waals surface area contributed by atoms with Crippen molar-refractivity contribution in [3.63, 3.8) is 0 Å². The van der Waals surface area contributed by atoms with Crippen molar-refractivity contribution < 1.29 is 28.6 Å². The van der Waals surface area contributed by atoms with E-state index < -0.39 is 6.10 Å². The molecule has 0 aliphatic heterocycles. The molecule has 0 amide bonds. The molecule has 0 saturated heterocycles. The lowest BCUT2D eigenvalue weighted by molar-refractivity contribution is -0.167. The van der Waals surface area contributed by atoms with Crippen molar-refractivity contribution in [3.8, 4) is 0 Å². The zero-order valence-electron chi connectivity index (χ0n) is 37.6. The highest BCUT2D eigenvalue weighted by Gasteiger charge is 2.19. The standard InChI is InChI=1S/C51H90O6/c1-4-7-10-13-16-19-21-23-24-25-26-28-29-32-35-38-41-44-50(53)56-47-48(46-55-49(52)43-40-37-34-31-18-15-12-9-6-3)57-51(54)45-42-39-36-33-30-27-22-20-17-14-11-8-5-2/h7,10,16,19-20,22-24,48H,4-6,8-9,11-15,17-18,21,25-47H2,1-3H3/b10-7-,19-16-,22-20-,24-23-. The van der Waals surface area contributed by atoms with Gasteiger partial charge in [0, 0.05) is 19.3 Å². The van der Waals surface area contributed by atoms with Crippen LogP contribution >= 0.6 is 0 Å². The highest BCUT2D eigenvalue weighted by atomic mass is 16.6. The van der Waals surface area contributed by atoms with Crippen molar-refractivity contribution in [2.24, 2.45) is 0 Å². The fourth-order valence-electron chi connectivity index (χ4n) is 6.69. The largest absolute Gasteiger partial charge is 0.462 e. The third-order valence-electron chi connectivity index (χ3n) is 10.3. The normalized spacial score (nSPS) is 12.4. The van der Waals surface area contributed by atoms with Crippen LogP contribution < -0.4 is 0 Å². The molecule has 0 fully saturated rings. The minimum Gasteiger partial charge on any atom is -0.462 e. The molecule has 0 aromatic rings. The molecule has 0 aromatic heterocycles. The summed E-state index contributed by atoms with van der Waals surface area (Å²) in [5.74, 6) is -0.897. The first-order valence-electron chi connectivity index (χ1n) is 24.1. The molecule has 0 aliphatic carbocycles. The van der Waals surface area contributed by atoms with Crippen LogP contribution in [-0.2, 0) is 28.6 Å². The summed E-state index contributed by atoms with van der Waals surface area (Å²) in [6.45, 7) is 6.48. The smallest absolute Gasteiger partial charge is 0.306 e. The van der Waals surface area contributed by atoms with Gasteiger partial charge in [0.15, 0.2) is 6.10 Å². The van der Waals surface area contributed by atoms with Gasteiger partial charge in [0.1, 0.15) is 13.2 Å². The highest BCUT2D eigenvalue weighted by Crippen LogP contribution is 2.14. The quantitative estimate of drug-likeness (QED) is 0.0265. The van der Waals surface area contributed by atoms with Crippen LogP contribution in [0.2, 0.25) is 0 Å². The van der Waals surface area contributed by atoms with E-state index in [9.17, 15) is 14.4 Å². The van der Waals surface area contributed by atoms with Crippen molar-refractivity contribution in [1.82, 2.24) is 0 Å². The van der Waals surface area contributed by atoms with Gasteiger partial charge >= 0.3 is 17.9 Å². The Labute approximate surface area is 352 Å². The maximum atomic E-state index is 12.7. The Morgan fingerprint density at radius 1 is 0.368 bits per heavy atom. The first kappa shape index (κ1) is 54.4. The van der Waals surface area contributed by atoms with Gasteiger partial charge in [0.05, 0.1) is 0 Å². The van der Waals surface area contributed by atoms with E-state index in [1.54, 1.807) is 0 Å². The molecule has 0 N–H and O–H groups in total. The van der Waals surface area contributed by atoms with Crippen LogP contribution in [0.3, 0.4) is 0 Å². The molecular weight excluding hydrogens is 709 g/mol. The van der Waals surface area contributed by atoms with Crippen LogP contribution in [0, 0.1) is 0 Å². The minimum absolute atomic E-state index is 0.0782. The summed E-state index contributed by atoms with van der Waals surface area (Å²) in [6.07, 6.45) is 53.8. The van der Waals surface area contributed by atoms with Crippen LogP contribution in [-0.4, -0.2) is 37.2 Å². The predicted molar refractivity (Wildman–Crippen MR) is 242 cm³/mol. The van der Waals surface area contributed by atoms with Crippen molar-refractivity contribution in [2.75, 3.05) is 13.2 Å². The first-order chi connectivity index (χ1) is 28.0. The predicted octanol–water partition coefficient (Wildman–Crippen LogP) is 15.5. The number of allylic oxidation sites excluding steroid dienone is 8. The van der Waals surface area contributed by atoms with Gasteiger partial charge in [-0.2, -0.15) is 0 Å². The average Bonchev–Trinajstić information content (AvgIpc) is 3.21. The van der Waals surface area contributed by atoms with E-state index in [0.29, 0.717) is 19.3 Å². The Morgan fingerprint density at radius 3 is 1.11 bits per heavy atom. The van der Waals surface area contributed by atoms with E-state index in [1.807, 2.05) is 0 Å². The second kappa shape index (κ2) is 46.1. The molecule has 0 bridgehead atoms. The lowest BCUT2D eigenvalue weighted by Gasteiger charge is -2.18. The van der Waals surface area contributed by atoms with Gasteiger partial charge in [-0.15, -0.1) is 0 Å². The van der Waals surface area contributed by atoms with Crippen LogP contribution in [0.1, 0.15) is 239 Å². The number of carbonyl (C=O) groups excluding carboxylic acids is 3. The van der Waals surface area contributed by atoms with Gasteiger partial charge in [-0.25, -0.2) is 0 Å². The number of carbonyl (C=O) groups is 3. The number of rotatable bonds is 43. The number of esters is 3. The zero-order valence-corrected chi connectivity index (χ0v) is 37.6. The fraction of sp³-hybridized carbons (Fsp3) is 0.784. The van der Waals surface area contributed by atoms with Crippen molar-refractivity contribution >= 4 is 17.9 Å². The first-order valence-corrected chi connectivity index (χ1v) is 24.1. The summed E-state index contributed by atoms with van der Waals surface area (Å²) in [7, 11) is 0. The molecule has 0 rings (SSSR count). The lowest BCUT2D eigenvalue weighted by atomic mass is 10.1. The average molecular weight is 799 g/mol. The van der Waals surface area contributed by atoms with Crippen LogP contribution in [0.5, 0.6) is 0 Å². The van der Waals surface area contributed by atoms with Gasteiger partial charge < -0.3 is 14.2 Å². The summed E-state index contributed by atoms with van der Waals surface area (Å²) in [6, 6.07) is 0. The maximum Gasteiger partial charge on any atom is 0.306 e. The molecule has 0 spiro atoms. The van der Waals surface area contributed by atoms with Crippen LogP contribution in [0.4, 0.5) is 0 Å². The third-order valence-corrected chi connectivity index (χ3v) is 10.3. The molecule has 6 heteroatoms. The fourth-order valence-corrected chi connectivity index (χ4v) is 6.69. The molecule has 0 aliphatic rings. The molecule has 0 saturated carbocycles. The van der Waals surface area contributed by atoms with Gasteiger partial charge in [-0.05, 0) is 77.0 Å². The second-order valence-corrected chi connectivity index (χ2v) is 16.0. The summed E-state index contributed by atoms with van der Waals surface area (Å²) in [4.78, 5) is 37.8. The van der Waals surface area contributed by atoms with Crippen LogP contribution in [0.25, 0.3) is 0 Å². The van der Waals surface area contributed by atoms with E-state index in [-0.39, 0.29) is 31.1 Å². The summed E-state index contributed by atoms with van der Waals surface area (Å²) >= 11 is 0. The maximum absolute atomic E-state index is 12.7. The molecule has 0 radical (unpaired) electrons. The number of unbranched alkanes of at least 4 members (excludes halogenated alkanes) is 24. The van der Waals surface area contributed by atoms with Crippen molar-refractivity contribution in [2.45, 2.75) is 245 Å². The van der Waals surface area contributed by atoms with Crippen molar-refractivity contribution in [1.29, 1.82) is 0 Å². The van der Waals surface area contributed by atoms with E-state index in [4.69, 9.17) is 14.2 Å². The minimum atomic E-state index is -0.776. The lowest BCUT2D eigenvalue weighted by Crippen LogP contribution is -2.30. The summed E-state index contributed by atoms with van der Waals surface area (Å²) in [5.41, 5.74) is 0. The molecule has 57 heavy (non-hydrogen) atoms. The summed E-state index contributed by atoms with van der Waals surface area (Å²) < 4.78 is 16.7. The van der Waals surface area contributed by atoms with Gasteiger partial charge in [0.2, 0.25) is 0 Å². The van der Waals surface area contributed by atoms with Crippen molar-refractivity contribution in [3.05, 3.63) is 48.6 Å². The van der Waals surface area contributed by atoms with E-state index >= 15 is 0 Å². The molecule has 6 nitrogen and oxygen atoms in total. The number of hydrogen-bond acceptors (Lipinski definition) is 6. The second-order valence-electron chi connectivity index (χ2n) is 16.0. The monoisotopic (exact) mass is 799 g/mol. The zero-order chi connectivity index (χ0) is 41.5. The van der Waals surface area contributed by atoms with E-state index in [1.165, 1.54) is 103 Å². The highest BCUT2D eigenvalue weighted by molar-refractivity contribution is 5.71. The third kappa shape index (κ3) is 44.3. The Morgan fingerprint density at radius 2 is 0.684 bits per heavy atom. The molecule has 0 heterocycles. The summed E-state index contributed by atoms with van der Waals surface area (Å²) in [5, 5.41) is 0. The van der Waals surface area contributed by atoms with Gasteiger partial charge in [-0.3, -0.25) is 14.4 Å². The molecule has 1 unspecified atom stereocenters. The molecule has 1 atom stereocenters. The van der Waals surface area contributed by atoms with E-state index in [2.05, 4.69) is 69.4 Å². The number of hydrogen-bond donors (Lipinski definition) is 0. The molecular formula is C51H90O6. The van der Waals surface area contributed by atoms with Gasteiger partial charge in [-0.1, -0.05) is 191 Å². The Bertz CT molecular complexity index is 1010. The Balaban J connectivity index is 4.34. The Kier molecular flexibility index (Phi) is 43.9. The number of ether oxygens (including phenoxy) is 3. The molecule has 330 valence electrons. The molecule has 0 aromatic carbocycles. The van der Waals surface area contributed by atoms with Crippen LogP contribution in [0.15, 0.2) is 48.6 Å². The van der Waals surface area contributed by atoms with Gasteiger partial charge in [0.25, 0.3) is 0 Å². The topological polar surface area (TPSA) is 78.9 Å². The van der Waals surface area contributed by atoms with E-state index in [0.717, 1.165) is 96.3 Å². The SMILES string of the molecule is CC/C=C\C/C=C\C/C=C\CCCCCCCCCC(=O)OCC(COC(=O)CCCCCCCCCCC)OC(=O)CCCCCCC/C=C\CCCCCC.